The molecule has 0 aliphatic rings. The SMILES string of the molecule is CCN(C#N)CCCC(C)C. The summed E-state index contributed by atoms with van der Waals surface area (Å²) < 4.78 is 0. The van der Waals surface area contributed by atoms with Gasteiger partial charge < -0.3 is 4.90 Å². The van der Waals surface area contributed by atoms with Gasteiger partial charge in [0.1, 0.15) is 0 Å². The molecule has 0 aromatic rings. The molecule has 0 radical (unpaired) electrons. The zero-order valence-electron chi connectivity index (χ0n) is 7.80. The lowest BCUT2D eigenvalue weighted by Gasteiger charge is -2.12. The molecule has 0 aliphatic carbocycles. The summed E-state index contributed by atoms with van der Waals surface area (Å²) in [5, 5.41) is 8.57. The Morgan fingerprint density at radius 1 is 1.45 bits per heavy atom. The number of nitrogens with zero attached hydrogens (tertiary/aromatic N) is 2. The summed E-state index contributed by atoms with van der Waals surface area (Å²) in [5.74, 6) is 0.757. The van der Waals surface area contributed by atoms with Crippen molar-refractivity contribution in [2.75, 3.05) is 13.1 Å². The van der Waals surface area contributed by atoms with Gasteiger partial charge in [-0.05, 0) is 25.7 Å². The standard InChI is InChI=1S/C9H18N2/c1-4-11(8-10)7-5-6-9(2)3/h9H,4-7H2,1-3H3. The summed E-state index contributed by atoms with van der Waals surface area (Å²) in [6, 6.07) is 0. The molecule has 2 nitrogen and oxygen atoms in total. The van der Waals surface area contributed by atoms with Crippen molar-refractivity contribution in [2.45, 2.75) is 33.6 Å². The molecule has 0 aliphatic heterocycles. The maximum absolute atomic E-state index is 8.57. The summed E-state index contributed by atoms with van der Waals surface area (Å²) >= 11 is 0. The van der Waals surface area contributed by atoms with Crippen LogP contribution in [0.3, 0.4) is 0 Å². The zero-order chi connectivity index (χ0) is 8.69. The monoisotopic (exact) mass is 154 g/mol. The van der Waals surface area contributed by atoms with E-state index in [2.05, 4.69) is 20.0 Å². The number of hydrogen-bond acceptors (Lipinski definition) is 2. The maximum atomic E-state index is 8.57. The Labute approximate surface area is 69.8 Å². The second-order valence-electron chi connectivity index (χ2n) is 3.22. The van der Waals surface area contributed by atoms with Crippen LogP contribution in [0.4, 0.5) is 0 Å². The molecule has 0 saturated carbocycles. The van der Waals surface area contributed by atoms with E-state index in [-0.39, 0.29) is 0 Å². The third-order valence-corrected chi connectivity index (χ3v) is 1.73. The zero-order valence-corrected chi connectivity index (χ0v) is 7.80. The van der Waals surface area contributed by atoms with Crippen molar-refractivity contribution < 1.29 is 0 Å². The highest BCUT2D eigenvalue weighted by Gasteiger charge is 1.98. The minimum atomic E-state index is 0.757. The molecule has 0 rings (SSSR count). The Balaban J connectivity index is 3.30. The summed E-state index contributed by atoms with van der Waals surface area (Å²) in [5.41, 5.74) is 0. The number of hydrogen-bond donors (Lipinski definition) is 0. The highest BCUT2D eigenvalue weighted by molar-refractivity contribution is 4.71. The lowest BCUT2D eigenvalue weighted by molar-refractivity contribution is 0.383. The van der Waals surface area contributed by atoms with Crippen LogP contribution < -0.4 is 0 Å². The Kier molecular flexibility index (Phi) is 5.64. The second kappa shape index (κ2) is 6.03. The first-order chi connectivity index (χ1) is 5.20. The van der Waals surface area contributed by atoms with Gasteiger partial charge in [0, 0.05) is 13.1 Å². The molecule has 11 heavy (non-hydrogen) atoms. The van der Waals surface area contributed by atoms with Gasteiger partial charge in [0.15, 0.2) is 6.19 Å². The fraction of sp³-hybridized carbons (Fsp3) is 0.889. The van der Waals surface area contributed by atoms with Gasteiger partial charge in [0.2, 0.25) is 0 Å². The van der Waals surface area contributed by atoms with Gasteiger partial charge in [-0.3, -0.25) is 0 Å². The van der Waals surface area contributed by atoms with E-state index >= 15 is 0 Å². The molecule has 0 aromatic heterocycles. The molecule has 0 heterocycles. The molecule has 64 valence electrons. The molecule has 0 N–H and O–H groups in total. The first kappa shape index (κ1) is 10.3. The quantitative estimate of drug-likeness (QED) is 0.448. The van der Waals surface area contributed by atoms with Crippen LogP contribution in [-0.4, -0.2) is 18.0 Å². The first-order valence-corrected chi connectivity index (χ1v) is 4.35. The van der Waals surface area contributed by atoms with E-state index in [4.69, 9.17) is 5.26 Å². The Morgan fingerprint density at radius 3 is 2.45 bits per heavy atom. The molecule has 0 aromatic carbocycles. The largest absolute Gasteiger partial charge is 0.311 e. The minimum Gasteiger partial charge on any atom is -0.311 e. The van der Waals surface area contributed by atoms with E-state index in [0.29, 0.717) is 0 Å². The maximum Gasteiger partial charge on any atom is 0.179 e. The molecule has 0 amide bonds. The summed E-state index contributed by atoms with van der Waals surface area (Å²) in [4.78, 5) is 1.79. The Bertz CT molecular complexity index is 124. The van der Waals surface area contributed by atoms with Gasteiger partial charge in [-0.2, -0.15) is 5.26 Å². The molecule has 0 saturated heterocycles. The lowest BCUT2D eigenvalue weighted by Crippen LogP contribution is -2.18. The predicted molar refractivity (Wildman–Crippen MR) is 46.9 cm³/mol. The van der Waals surface area contributed by atoms with Crippen LogP contribution in [-0.2, 0) is 0 Å². The number of rotatable bonds is 5. The highest BCUT2D eigenvalue weighted by Crippen LogP contribution is 2.03. The number of nitriles is 1. The van der Waals surface area contributed by atoms with Gasteiger partial charge in [-0.15, -0.1) is 0 Å². The molecule has 0 spiro atoms. The fourth-order valence-electron chi connectivity index (χ4n) is 0.969. The Hall–Kier alpha value is -0.710. The van der Waals surface area contributed by atoms with Crippen LogP contribution >= 0.6 is 0 Å². The average molecular weight is 154 g/mol. The van der Waals surface area contributed by atoms with E-state index in [1.54, 1.807) is 4.90 Å². The second-order valence-corrected chi connectivity index (χ2v) is 3.22. The molecule has 2 heteroatoms. The van der Waals surface area contributed by atoms with Crippen molar-refractivity contribution in [1.82, 2.24) is 4.90 Å². The summed E-state index contributed by atoms with van der Waals surface area (Å²) in [7, 11) is 0. The smallest absolute Gasteiger partial charge is 0.179 e. The van der Waals surface area contributed by atoms with E-state index < -0.39 is 0 Å². The third-order valence-electron chi connectivity index (χ3n) is 1.73. The third kappa shape index (κ3) is 5.72. The molecule has 0 unspecified atom stereocenters. The minimum absolute atomic E-state index is 0.757. The van der Waals surface area contributed by atoms with E-state index in [9.17, 15) is 0 Å². The summed E-state index contributed by atoms with van der Waals surface area (Å²) in [6.07, 6.45) is 4.52. The first-order valence-electron chi connectivity index (χ1n) is 4.35. The van der Waals surface area contributed by atoms with Gasteiger partial charge in [-0.1, -0.05) is 13.8 Å². The van der Waals surface area contributed by atoms with Crippen LogP contribution in [0, 0.1) is 17.4 Å². The topological polar surface area (TPSA) is 27.0 Å². The molecular formula is C9H18N2. The molecule has 0 fully saturated rings. The van der Waals surface area contributed by atoms with Gasteiger partial charge in [0.25, 0.3) is 0 Å². The van der Waals surface area contributed by atoms with Gasteiger partial charge >= 0.3 is 0 Å². The van der Waals surface area contributed by atoms with Crippen molar-refractivity contribution in [1.29, 1.82) is 5.26 Å². The Morgan fingerprint density at radius 2 is 2.09 bits per heavy atom. The normalized spacial score (nSPS) is 9.73. The van der Waals surface area contributed by atoms with Crippen LogP contribution in [0.25, 0.3) is 0 Å². The lowest BCUT2D eigenvalue weighted by atomic mass is 10.1. The van der Waals surface area contributed by atoms with Crippen LogP contribution in [0.1, 0.15) is 33.6 Å². The van der Waals surface area contributed by atoms with Gasteiger partial charge in [-0.25, -0.2) is 0 Å². The van der Waals surface area contributed by atoms with E-state index in [1.807, 2.05) is 6.92 Å². The molecular weight excluding hydrogens is 136 g/mol. The van der Waals surface area contributed by atoms with E-state index in [0.717, 1.165) is 25.4 Å². The van der Waals surface area contributed by atoms with Crippen LogP contribution in [0.5, 0.6) is 0 Å². The predicted octanol–water partition coefficient (Wildman–Crippen LogP) is 2.23. The average Bonchev–Trinajstić information content (AvgIpc) is 1.98. The van der Waals surface area contributed by atoms with E-state index in [1.165, 1.54) is 6.42 Å². The van der Waals surface area contributed by atoms with Gasteiger partial charge in [0.05, 0.1) is 0 Å². The van der Waals surface area contributed by atoms with Crippen molar-refractivity contribution in [3.05, 3.63) is 0 Å². The fourth-order valence-corrected chi connectivity index (χ4v) is 0.969. The van der Waals surface area contributed by atoms with Crippen molar-refractivity contribution in [3.63, 3.8) is 0 Å². The molecule has 0 bridgehead atoms. The van der Waals surface area contributed by atoms with Crippen LogP contribution in [0.15, 0.2) is 0 Å². The molecule has 0 atom stereocenters. The highest BCUT2D eigenvalue weighted by atomic mass is 15.1. The van der Waals surface area contributed by atoms with Crippen molar-refractivity contribution in [2.24, 2.45) is 5.92 Å². The van der Waals surface area contributed by atoms with Crippen molar-refractivity contribution >= 4 is 0 Å². The van der Waals surface area contributed by atoms with Crippen LogP contribution in [0.2, 0.25) is 0 Å². The summed E-state index contributed by atoms with van der Waals surface area (Å²) in [6.45, 7) is 8.20. The van der Waals surface area contributed by atoms with Crippen molar-refractivity contribution in [3.8, 4) is 6.19 Å².